The molecule has 27 heavy (non-hydrogen) atoms. The van der Waals surface area contributed by atoms with Gasteiger partial charge < -0.3 is 16.8 Å². The Morgan fingerprint density at radius 3 is 2.52 bits per heavy atom. The summed E-state index contributed by atoms with van der Waals surface area (Å²) >= 11 is 0. The van der Waals surface area contributed by atoms with Gasteiger partial charge in [-0.1, -0.05) is 48.1 Å². The minimum atomic E-state index is -0.0555. The molecule has 5 heteroatoms. The van der Waals surface area contributed by atoms with Gasteiger partial charge in [0.15, 0.2) is 0 Å². The van der Waals surface area contributed by atoms with Crippen molar-refractivity contribution in [3.8, 4) is 0 Å². The molecular formula is C22H28N4O. The van der Waals surface area contributed by atoms with E-state index < -0.39 is 0 Å². The van der Waals surface area contributed by atoms with E-state index in [4.69, 9.17) is 11.5 Å². The fourth-order valence-corrected chi connectivity index (χ4v) is 2.57. The lowest BCUT2D eigenvalue weighted by Crippen LogP contribution is -2.13. The Hall–Kier alpha value is -2.92. The Morgan fingerprint density at radius 1 is 1.15 bits per heavy atom. The normalized spacial score (nSPS) is 12.6. The molecule has 5 N–H and O–H groups in total. The summed E-state index contributed by atoms with van der Waals surface area (Å²) in [7, 11) is 0. The third kappa shape index (κ3) is 7.88. The summed E-state index contributed by atoms with van der Waals surface area (Å²) in [5.41, 5.74) is 15.2. The second-order valence-electron chi connectivity index (χ2n) is 6.48. The van der Waals surface area contributed by atoms with E-state index in [1.165, 1.54) is 17.3 Å². The molecule has 1 aromatic heterocycles. The summed E-state index contributed by atoms with van der Waals surface area (Å²) in [5, 5.41) is 2.74. The van der Waals surface area contributed by atoms with Gasteiger partial charge in [-0.05, 0) is 56.0 Å². The molecule has 1 amide bonds. The molecule has 0 unspecified atom stereocenters. The first-order chi connectivity index (χ1) is 13.1. The summed E-state index contributed by atoms with van der Waals surface area (Å²) < 4.78 is 0. The van der Waals surface area contributed by atoms with Crippen LogP contribution in [-0.4, -0.2) is 17.4 Å². The number of anilines is 2. The molecular weight excluding hydrogens is 336 g/mol. The zero-order chi connectivity index (χ0) is 19.5. The second kappa shape index (κ2) is 10.9. The Labute approximate surface area is 161 Å². The van der Waals surface area contributed by atoms with Gasteiger partial charge in [0, 0.05) is 0 Å². The molecule has 0 saturated heterocycles. The fourth-order valence-electron chi connectivity index (χ4n) is 2.57. The number of nitrogens with two attached hydrogens (primary N) is 2. The first-order valence-electron chi connectivity index (χ1n) is 9.19. The Balaban J connectivity index is 0.000000223. The van der Waals surface area contributed by atoms with Crippen LogP contribution in [0.4, 0.5) is 11.5 Å². The quantitative estimate of drug-likeness (QED) is 0.753. The van der Waals surface area contributed by atoms with Crippen LogP contribution in [0.5, 0.6) is 0 Å². The highest BCUT2D eigenvalue weighted by Crippen LogP contribution is 2.14. The smallest absolute Gasteiger partial charge is 0.229 e. The van der Waals surface area contributed by atoms with Gasteiger partial charge in [-0.25, -0.2) is 4.98 Å². The topological polar surface area (TPSA) is 94.0 Å². The maximum Gasteiger partial charge on any atom is 0.229 e. The van der Waals surface area contributed by atoms with E-state index in [0.29, 0.717) is 17.9 Å². The van der Waals surface area contributed by atoms with Gasteiger partial charge >= 0.3 is 0 Å². The molecule has 1 aliphatic rings. The molecule has 0 aliphatic heterocycles. The molecule has 1 aliphatic carbocycles. The van der Waals surface area contributed by atoms with E-state index in [-0.39, 0.29) is 5.91 Å². The molecule has 0 saturated carbocycles. The van der Waals surface area contributed by atoms with Crippen molar-refractivity contribution >= 4 is 17.4 Å². The molecule has 0 fully saturated rings. The first-order valence-corrected chi connectivity index (χ1v) is 9.19. The summed E-state index contributed by atoms with van der Waals surface area (Å²) in [4.78, 5) is 15.7. The van der Waals surface area contributed by atoms with Crippen LogP contribution in [0.25, 0.3) is 0 Å². The number of nitrogen functional groups attached to an aromatic ring is 1. The SMILES string of the molecule is Cc1ccc(CCN)cc1.Nc1ccc(NC(=O)CC2=CCCC=C2)nc1. The maximum absolute atomic E-state index is 11.7. The van der Waals surface area contributed by atoms with E-state index in [1.54, 1.807) is 12.1 Å². The highest BCUT2D eigenvalue weighted by atomic mass is 16.1. The minimum absolute atomic E-state index is 0.0555. The summed E-state index contributed by atoms with van der Waals surface area (Å²) in [5.74, 6) is 0.477. The second-order valence-corrected chi connectivity index (χ2v) is 6.48. The van der Waals surface area contributed by atoms with Crippen LogP contribution >= 0.6 is 0 Å². The lowest BCUT2D eigenvalue weighted by molar-refractivity contribution is -0.115. The average Bonchev–Trinajstić information content (AvgIpc) is 2.67. The summed E-state index contributed by atoms with van der Waals surface area (Å²) in [6.45, 7) is 2.83. The van der Waals surface area contributed by atoms with E-state index >= 15 is 0 Å². The molecule has 0 bridgehead atoms. The number of nitrogens with zero attached hydrogens (tertiary/aromatic N) is 1. The number of allylic oxidation sites excluding steroid dienone is 3. The number of hydrogen-bond donors (Lipinski definition) is 3. The molecule has 2 aromatic rings. The van der Waals surface area contributed by atoms with Crippen LogP contribution in [-0.2, 0) is 11.2 Å². The number of aryl methyl sites for hydroxylation is 1. The van der Waals surface area contributed by atoms with Gasteiger partial charge in [0.1, 0.15) is 5.82 Å². The van der Waals surface area contributed by atoms with Gasteiger partial charge in [0.2, 0.25) is 5.91 Å². The Kier molecular flexibility index (Phi) is 8.26. The number of hydrogen-bond acceptors (Lipinski definition) is 4. The highest BCUT2D eigenvalue weighted by Gasteiger charge is 2.06. The van der Waals surface area contributed by atoms with Crippen LogP contribution < -0.4 is 16.8 Å². The zero-order valence-corrected chi connectivity index (χ0v) is 15.8. The molecule has 1 aromatic carbocycles. The maximum atomic E-state index is 11.7. The third-order valence-electron chi connectivity index (χ3n) is 4.04. The lowest BCUT2D eigenvalue weighted by Gasteiger charge is -2.07. The van der Waals surface area contributed by atoms with E-state index in [2.05, 4.69) is 53.6 Å². The van der Waals surface area contributed by atoms with Crippen molar-refractivity contribution in [2.75, 3.05) is 17.6 Å². The van der Waals surface area contributed by atoms with Crippen LogP contribution in [0, 0.1) is 6.92 Å². The first kappa shape index (κ1) is 20.4. The average molecular weight is 364 g/mol. The number of aromatic nitrogens is 1. The van der Waals surface area contributed by atoms with E-state index in [9.17, 15) is 4.79 Å². The van der Waals surface area contributed by atoms with Crippen molar-refractivity contribution in [1.29, 1.82) is 0 Å². The molecule has 0 spiro atoms. The summed E-state index contributed by atoms with van der Waals surface area (Å²) in [6, 6.07) is 11.9. The Morgan fingerprint density at radius 2 is 1.93 bits per heavy atom. The third-order valence-corrected chi connectivity index (χ3v) is 4.04. The number of nitrogens with one attached hydrogen (secondary N) is 1. The zero-order valence-electron chi connectivity index (χ0n) is 15.8. The van der Waals surface area contributed by atoms with Crippen molar-refractivity contribution in [2.24, 2.45) is 5.73 Å². The molecule has 0 atom stereocenters. The minimum Gasteiger partial charge on any atom is -0.397 e. The number of rotatable bonds is 5. The summed E-state index contributed by atoms with van der Waals surface area (Å²) in [6.07, 6.45) is 11.2. The number of carbonyl (C=O) groups excluding carboxylic acids is 1. The predicted octanol–water partition coefficient (Wildman–Crippen LogP) is 3.77. The van der Waals surface area contributed by atoms with Crippen molar-refractivity contribution in [1.82, 2.24) is 4.98 Å². The molecule has 142 valence electrons. The van der Waals surface area contributed by atoms with Crippen molar-refractivity contribution < 1.29 is 4.79 Å². The van der Waals surface area contributed by atoms with Crippen LogP contribution in [0.1, 0.15) is 30.4 Å². The number of benzene rings is 1. The Bertz CT molecular complexity index is 777. The molecule has 5 nitrogen and oxygen atoms in total. The molecule has 1 heterocycles. The fraction of sp³-hybridized carbons (Fsp3) is 0.273. The van der Waals surface area contributed by atoms with Crippen molar-refractivity contribution in [3.05, 3.63) is 77.5 Å². The van der Waals surface area contributed by atoms with Gasteiger partial charge in [-0.2, -0.15) is 0 Å². The van der Waals surface area contributed by atoms with Crippen LogP contribution in [0.15, 0.2) is 66.4 Å². The van der Waals surface area contributed by atoms with E-state index in [1.807, 2.05) is 6.08 Å². The van der Waals surface area contributed by atoms with E-state index in [0.717, 1.165) is 31.4 Å². The van der Waals surface area contributed by atoms with Gasteiger partial charge in [-0.3, -0.25) is 4.79 Å². The van der Waals surface area contributed by atoms with Crippen LogP contribution in [0.3, 0.4) is 0 Å². The standard InChI is InChI=1S/C13H15N3O.C9H13N/c14-11-6-7-12(15-9-11)16-13(17)8-10-4-2-1-3-5-10;1-8-2-4-9(5-3-8)6-7-10/h2,4-7,9H,1,3,8,14H2,(H,15,16,17);2-5H,6-7,10H2,1H3. The number of amides is 1. The van der Waals surface area contributed by atoms with Crippen molar-refractivity contribution in [2.45, 2.75) is 32.6 Å². The van der Waals surface area contributed by atoms with Gasteiger partial charge in [-0.15, -0.1) is 0 Å². The molecule has 3 rings (SSSR count). The van der Waals surface area contributed by atoms with Crippen LogP contribution in [0.2, 0.25) is 0 Å². The largest absolute Gasteiger partial charge is 0.397 e. The monoisotopic (exact) mass is 364 g/mol. The van der Waals surface area contributed by atoms with Crippen molar-refractivity contribution in [3.63, 3.8) is 0 Å². The number of carbonyl (C=O) groups is 1. The lowest BCUT2D eigenvalue weighted by atomic mass is 10.0. The van der Waals surface area contributed by atoms with Gasteiger partial charge in [0.05, 0.1) is 18.3 Å². The predicted molar refractivity (Wildman–Crippen MR) is 112 cm³/mol. The van der Waals surface area contributed by atoms with Gasteiger partial charge in [0.25, 0.3) is 0 Å². The highest BCUT2D eigenvalue weighted by molar-refractivity contribution is 5.91. The number of pyridine rings is 1. The molecule has 0 radical (unpaired) electrons.